The Balaban J connectivity index is 1.76. The van der Waals surface area contributed by atoms with Gasteiger partial charge in [-0.05, 0) is 36.6 Å². The van der Waals surface area contributed by atoms with E-state index in [0.717, 1.165) is 29.3 Å². The Kier molecular flexibility index (Phi) is 4.76. The number of nitro benzene ring substituents is 1. The molecule has 5 nitrogen and oxygen atoms in total. The van der Waals surface area contributed by atoms with Gasteiger partial charge in [0.15, 0.2) is 0 Å². The zero-order valence-corrected chi connectivity index (χ0v) is 14.2. The Morgan fingerprint density at radius 3 is 2.83 bits per heavy atom. The fourth-order valence-electron chi connectivity index (χ4n) is 2.82. The molecule has 1 atom stereocenters. The molecular weight excluding hydrogens is 324 g/mol. The van der Waals surface area contributed by atoms with Crippen molar-refractivity contribution in [3.63, 3.8) is 0 Å². The highest BCUT2D eigenvalue weighted by Gasteiger charge is 2.21. The largest absolute Gasteiger partial charge is 0.339 e. The number of nitrogens with zero attached hydrogens (tertiary/aromatic N) is 2. The van der Waals surface area contributed by atoms with Gasteiger partial charge in [0.1, 0.15) is 0 Å². The number of likely N-dealkylation sites (tertiary alicyclic amines) is 1. The fraction of sp³-hybridized carbons (Fsp3) is 0.278. The molecule has 1 saturated heterocycles. The first kappa shape index (κ1) is 16.4. The lowest BCUT2D eigenvalue weighted by atomic mass is 10.1. The SMILES string of the molecule is CC1CCN(C(=O)/C=C/c2ccc(-c3ccccc3[N+](=O)[O-])s2)C1. The molecule has 1 aliphatic rings. The molecule has 124 valence electrons. The first-order valence-electron chi connectivity index (χ1n) is 7.85. The first-order valence-corrected chi connectivity index (χ1v) is 8.67. The highest BCUT2D eigenvalue weighted by Crippen LogP contribution is 2.35. The second kappa shape index (κ2) is 6.97. The molecule has 1 aliphatic heterocycles. The van der Waals surface area contributed by atoms with Crippen LogP contribution in [-0.4, -0.2) is 28.8 Å². The van der Waals surface area contributed by atoms with Gasteiger partial charge in [-0.2, -0.15) is 0 Å². The monoisotopic (exact) mass is 342 g/mol. The van der Waals surface area contributed by atoms with Gasteiger partial charge in [0.25, 0.3) is 5.69 Å². The van der Waals surface area contributed by atoms with E-state index in [1.165, 1.54) is 17.4 Å². The van der Waals surface area contributed by atoms with Gasteiger partial charge in [-0.25, -0.2) is 0 Å². The molecule has 0 radical (unpaired) electrons. The molecule has 0 aliphatic carbocycles. The van der Waals surface area contributed by atoms with Gasteiger partial charge < -0.3 is 4.90 Å². The minimum Gasteiger partial charge on any atom is -0.339 e. The summed E-state index contributed by atoms with van der Waals surface area (Å²) in [5, 5.41) is 11.1. The highest BCUT2D eigenvalue weighted by atomic mass is 32.1. The van der Waals surface area contributed by atoms with Crippen molar-refractivity contribution in [2.45, 2.75) is 13.3 Å². The predicted octanol–water partition coefficient (Wildman–Crippen LogP) is 4.20. The number of benzene rings is 1. The molecule has 1 aromatic carbocycles. The maximum absolute atomic E-state index is 12.1. The third kappa shape index (κ3) is 3.54. The number of carbonyl (C=O) groups is 1. The van der Waals surface area contributed by atoms with E-state index in [1.54, 1.807) is 30.4 Å². The van der Waals surface area contributed by atoms with Crippen LogP contribution in [-0.2, 0) is 4.79 Å². The van der Waals surface area contributed by atoms with Gasteiger partial charge in [0.05, 0.1) is 10.5 Å². The molecule has 2 heterocycles. The van der Waals surface area contributed by atoms with Crippen molar-refractivity contribution in [1.29, 1.82) is 0 Å². The first-order chi connectivity index (χ1) is 11.5. The number of rotatable bonds is 4. The van der Waals surface area contributed by atoms with E-state index in [1.807, 2.05) is 17.0 Å². The van der Waals surface area contributed by atoms with Crippen molar-refractivity contribution in [2.75, 3.05) is 13.1 Å². The molecule has 2 aromatic rings. The van der Waals surface area contributed by atoms with Crippen LogP contribution in [0.5, 0.6) is 0 Å². The van der Waals surface area contributed by atoms with E-state index in [2.05, 4.69) is 6.92 Å². The van der Waals surface area contributed by atoms with Crippen molar-refractivity contribution in [3.8, 4) is 10.4 Å². The quantitative estimate of drug-likeness (QED) is 0.475. The topological polar surface area (TPSA) is 63.5 Å². The summed E-state index contributed by atoms with van der Waals surface area (Å²) in [7, 11) is 0. The number of thiophene rings is 1. The van der Waals surface area contributed by atoms with E-state index in [4.69, 9.17) is 0 Å². The number of carbonyl (C=O) groups excluding carboxylic acids is 1. The molecular formula is C18H18N2O3S. The zero-order valence-electron chi connectivity index (χ0n) is 13.3. The minimum absolute atomic E-state index is 0.0278. The van der Waals surface area contributed by atoms with Crippen molar-refractivity contribution >= 4 is 29.0 Å². The summed E-state index contributed by atoms with van der Waals surface area (Å²) in [6.07, 6.45) is 4.43. The lowest BCUT2D eigenvalue weighted by Gasteiger charge is -2.12. The number of hydrogen-bond acceptors (Lipinski definition) is 4. The normalized spacial score (nSPS) is 17.5. The summed E-state index contributed by atoms with van der Waals surface area (Å²) < 4.78 is 0. The molecule has 1 aromatic heterocycles. The van der Waals surface area contributed by atoms with E-state index in [-0.39, 0.29) is 16.5 Å². The molecule has 0 N–H and O–H groups in total. The number of hydrogen-bond donors (Lipinski definition) is 0. The van der Waals surface area contributed by atoms with Crippen LogP contribution in [0.4, 0.5) is 5.69 Å². The maximum Gasteiger partial charge on any atom is 0.278 e. The molecule has 0 bridgehead atoms. The third-order valence-corrected chi connectivity index (χ3v) is 5.20. The zero-order chi connectivity index (χ0) is 17.1. The van der Waals surface area contributed by atoms with Crippen molar-refractivity contribution in [3.05, 3.63) is 57.5 Å². The number of nitro groups is 1. The average Bonchev–Trinajstić information content (AvgIpc) is 3.21. The van der Waals surface area contributed by atoms with Crippen LogP contribution in [0.1, 0.15) is 18.2 Å². The maximum atomic E-state index is 12.1. The summed E-state index contributed by atoms with van der Waals surface area (Å²) in [6, 6.07) is 10.4. The molecule has 6 heteroatoms. The minimum atomic E-state index is -0.372. The molecule has 0 spiro atoms. The lowest BCUT2D eigenvalue weighted by Crippen LogP contribution is -2.26. The average molecular weight is 342 g/mol. The molecule has 0 saturated carbocycles. The predicted molar refractivity (Wildman–Crippen MR) is 95.8 cm³/mol. The van der Waals surface area contributed by atoms with Gasteiger partial charge >= 0.3 is 0 Å². The van der Waals surface area contributed by atoms with E-state index in [0.29, 0.717) is 11.5 Å². The van der Waals surface area contributed by atoms with Crippen LogP contribution in [0.3, 0.4) is 0 Å². The van der Waals surface area contributed by atoms with Crippen LogP contribution < -0.4 is 0 Å². The van der Waals surface area contributed by atoms with Crippen LogP contribution in [0.15, 0.2) is 42.5 Å². The van der Waals surface area contributed by atoms with Crippen molar-refractivity contribution < 1.29 is 9.72 Å². The number of para-hydroxylation sites is 1. The van der Waals surface area contributed by atoms with E-state index < -0.39 is 0 Å². The molecule has 1 unspecified atom stereocenters. The Bertz CT molecular complexity index is 797. The number of amides is 1. The van der Waals surface area contributed by atoms with Crippen LogP contribution >= 0.6 is 11.3 Å². The molecule has 3 rings (SSSR count). The lowest BCUT2D eigenvalue weighted by molar-refractivity contribution is -0.384. The van der Waals surface area contributed by atoms with Gasteiger partial charge in [-0.3, -0.25) is 14.9 Å². The Labute approximate surface area is 144 Å². The van der Waals surface area contributed by atoms with Crippen molar-refractivity contribution in [2.24, 2.45) is 5.92 Å². The summed E-state index contributed by atoms with van der Waals surface area (Å²) in [5.41, 5.74) is 0.698. The van der Waals surface area contributed by atoms with Crippen molar-refractivity contribution in [1.82, 2.24) is 4.90 Å². The second-order valence-corrected chi connectivity index (χ2v) is 7.10. The molecule has 1 fully saturated rings. The smallest absolute Gasteiger partial charge is 0.278 e. The Morgan fingerprint density at radius 1 is 1.33 bits per heavy atom. The van der Waals surface area contributed by atoms with Crippen LogP contribution in [0.25, 0.3) is 16.5 Å². The van der Waals surface area contributed by atoms with E-state index in [9.17, 15) is 14.9 Å². The van der Waals surface area contributed by atoms with Gasteiger partial charge in [0.2, 0.25) is 5.91 Å². The summed E-state index contributed by atoms with van der Waals surface area (Å²) >= 11 is 1.44. The Hall–Kier alpha value is -2.47. The summed E-state index contributed by atoms with van der Waals surface area (Å²) in [5.74, 6) is 0.592. The van der Waals surface area contributed by atoms with Gasteiger partial charge in [-0.15, -0.1) is 11.3 Å². The van der Waals surface area contributed by atoms with Crippen LogP contribution in [0, 0.1) is 16.0 Å². The standard InChI is InChI=1S/C18H18N2O3S/c1-13-10-11-19(12-13)18(21)9-7-14-6-8-17(24-14)15-4-2-3-5-16(15)20(22)23/h2-9,13H,10-12H2,1H3/b9-7+. The third-order valence-electron chi connectivity index (χ3n) is 4.12. The Morgan fingerprint density at radius 2 is 2.12 bits per heavy atom. The second-order valence-electron chi connectivity index (χ2n) is 5.99. The molecule has 1 amide bonds. The highest BCUT2D eigenvalue weighted by molar-refractivity contribution is 7.16. The van der Waals surface area contributed by atoms with Gasteiger partial charge in [-0.1, -0.05) is 19.1 Å². The van der Waals surface area contributed by atoms with Crippen LogP contribution in [0.2, 0.25) is 0 Å². The summed E-state index contributed by atoms with van der Waals surface area (Å²) in [6.45, 7) is 3.78. The fourth-order valence-corrected chi connectivity index (χ4v) is 3.77. The van der Waals surface area contributed by atoms with E-state index >= 15 is 0 Å². The summed E-state index contributed by atoms with van der Waals surface area (Å²) in [4.78, 5) is 26.5. The molecule has 24 heavy (non-hydrogen) atoms. The van der Waals surface area contributed by atoms with Gasteiger partial charge in [0, 0.05) is 35.0 Å².